The van der Waals surface area contributed by atoms with Crippen molar-refractivity contribution < 1.29 is 0 Å². The Morgan fingerprint density at radius 3 is 2.73 bits per heavy atom. The summed E-state index contributed by atoms with van der Waals surface area (Å²) in [5, 5.41) is 3.75. The van der Waals surface area contributed by atoms with Gasteiger partial charge in [0.15, 0.2) is 0 Å². The highest BCUT2D eigenvalue weighted by Crippen LogP contribution is 2.49. The molecule has 0 aromatic heterocycles. The minimum absolute atomic E-state index is 0.528. The molecule has 1 nitrogen and oxygen atoms in total. The van der Waals surface area contributed by atoms with Crippen molar-refractivity contribution in [1.29, 1.82) is 0 Å². The second kappa shape index (κ2) is 2.67. The summed E-state index contributed by atoms with van der Waals surface area (Å²) in [6, 6.07) is 0.799. The fourth-order valence-electron chi connectivity index (χ4n) is 2.24. The van der Waals surface area contributed by atoms with Gasteiger partial charge in [0.1, 0.15) is 0 Å². The lowest BCUT2D eigenvalue weighted by Crippen LogP contribution is -2.50. The lowest BCUT2D eigenvalue weighted by Gasteiger charge is -2.43. The van der Waals surface area contributed by atoms with E-state index in [4.69, 9.17) is 0 Å². The molecular weight excluding hydrogens is 154 g/mol. The number of nitrogens with one attached hydrogen (secondary N) is 1. The lowest BCUT2D eigenvalue weighted by atomic mass is 9.80. The fourth-order valence-corrected chi connectivity index (χ4v) is 4.13. The molecule has 1 atom stereocenters. The third kappa shape index (κ3) is 1.31. The van der Waals surface area contributed by atoms with Crippen molar-refractivity contribution in [2.75, 3.05) is 5.75 Å². The summed E-state index contributed by atoms with van der Waals surface area (Å²) in [5.74, 6) is 2.30. The van der Waals surface area contributed by atoms with Gasteiger partial charge in [0, 0.05) is 11.8 Å². The molecule has 1 heterocycles. The molecule has 0 aromatic rings. The number of hydrogen-bond donors (Lipinski definition) is 1. The first-order chi connectivity index (χ1) is 5.24. The predicted octanol–water partition coefficient (Wildman–Crippen LogP) is 2.23. The summed E-state index contributed by atoms with van der Waals surface area (Å²) in [6.07, 6.45) is 4.09. The van der Waals surface area contributed by atoms with Crippen LogP contribution in [-0.2, 0) is 0 Å². The third-order valence-electron chi connectivity index (χ3n) is 2.88. The first kappa shape index (κ1) is 7.93. The van der Waals surface area contributed by atoms with E-state index in [1.54, 1.807) is 0 Å². The van der Waals surface area contributed by atoms with Crippen molar-refractivity contribution in [2.24, 2.45) is 5.92 Å². The molecule has 1 N–H and O–H groups in total. The average molecular weight is 171 g/mol. The first-order valence-electron chi connectivity index (χ1n) is 4.66. The molecule has 0 radical (unpaired) electrons. The minimum atomic E-state index is 0.528. The van der Waals surface area contributed by atoms with E-state index >= 15 is 0 Å². The molecular formula is C9H17NS. The van der Waals surface area contributed by atoms with Crippen LogP contribution in [0.3, 0.4) is 0 Å². The molecule has 2 rings (SSSR count). The second-order valence-corrected chi connectivity index (χ2v) is 5.47. The zero-order valence-corrected chi connectivity index (χ0v) is 8.21. The van der Waals surface area contributed by atoms with Gasteiger partial charge in [-0.2, -0.15) is 0 Å². The zero-order valence-electron chi connectivity index (χ0n) is 7.39. The van der Waals surface area contributed by atoms with Crippen LogP contribution in [0.4, 0.5) is 0 Å². The van der Waals surface area contributed by atoms with Crippen LogP contribution >= 0.6 is 11.8 Å². The quantitative estimate of drug-likeness (QED) is 0.649. The van der Waals surface area contributed by atoms with Crippen molar-refractivity contribution in [1.82, 2.24) is 5.32 Å². The van der Waals surface area contributed by atoms with E-state index in [1.165, 1.54) is 25.0 Å². The van der Waals surface area contributed by atoms with Gasteiger partial charge >= 0.3 is 0 Å². The highest BCUT2D eigenvalue weighted by Gasteiger charge is 2.47. The topological polar surface area (TPSA) is 12.0 Å². The maximum atomic E-state index is 3.75. The van der Waals surface area contributed by atoms with Crippen molar-refractivity contribution >= 4 is 11.8 Å². The van der Waals surface area contributed by atoms with E-state index in [0.29, 0.717) is 4.87 Å². The van der Waals surface area contributed by atoms with Crippen LogP contribution in [0, 0.1) is 5.92 Å². The second-order valence-electron chi connectivity index (χ2n) is 4.07. The third-order valence-corrected chi connectivity index (χ3v) is 4.45. The summed E-state index contributed by atoms with van der Waals surface area (Å²) in [5.41, 5.74) is 0. The molecule has 0 amide bonds. The monoisotopic (exact) mass is 171 g/mol. The van der Waals surface area contributed by atoms with Gasteiger partial charge in [0.2, 0.25) is 0 Å². The summed E-state index contributed by atoms with van der Waals surface area (Å²) in [7, 11) is 0. The van der Waals surface area contributed by atoms with Crippen LogP contribution in [0.25, 0.3) is 0 Å². The smallest absolute Gasteiger partial charge is 0.0653 e. The average Bonchev–Trinajstić information content (AvgIpc) is 2.31. The number of hydrogen-bond acceptors (Lipinski definition) is 2. The van der Waals surface area contributed by atoms with Gasteiger partial charge < -0.3 is 0 Å². The number of thioether (sulfide) groups is 1. The van der Waals surface area contributed by atoms with E-state index in [-0.39, 0.29) is 0 Å². The molecule has 0 aromatic carbocycles. The highest BCUT2D eigenvalue weighted by molar-refractivity contribution is 8.01. The van der Waals surface area contributed by atoms with E-state index in [9.17, 15) is 0 Å². The summed E-state index contributed by atoms with van der Waals surface area (Å²) >= 11 is 2.16. The molecule has 1 unspecified atom stereocenters. The van der Waals surface area contributed by atoms with Gasteiger partial charge in [-0.25, -0.2) is 0 Å². The Morgan fingerprint density at radius 1 is 1.55 bits per heavy atom. The molecule has 1 spiro atoms. The highest BCUT2D eigenvalue weighted by atomic mass is 32.2. The zero-order chi connectivity index (χ0) is 7.90. The maximum Gasteiger partial charge on any atom is 0.0653 e. The van der Waals surface area contributed by atoms with Gasteiger partial charge in [-0.3, -0.25) is 5.32 Å². The molecule has 2 heteroatoms. The van der Waals surface area contributed by atoms with Crippen LogP contribution in [-0.4, -0.2) is 16.7 Å². The Bertz CT molecular complexity index is 152. The maximum absolute atomic E-state index is 3.75. The van der Waals surface area contributed by atoms with E-state index < -0.39 is 0 Å². The Kier molecular flexibility index (Phi) is 1.92. The van der Waals surface area contributed by atoms with Crippen LogP contribution in [0.2, 0.25) is 0 Å². The van der Waals surface area contributed by atoms with Crippen molar-refractivity contribution in [3.8, 4) is 0 Å². The summed E-state index contributed by atoms with van der Waals surface area (Å²) in [6.45, 7) is 4.63. The van der Waals surface area contributed by atoms with Crippen molar-refractivity contribution in [2.45, 2.75) is 44.0 Å². The van der Waals surface area contributed by atoms with E-state index in [0.717, 1.165) is 12.0 Å². The Morgan fingerprint density at radius 2 is 2.27 bits per heavy atom. The van der Waals surface area contributed by atoms with Gasteiger partial charge in [0.25, 0.3) is 0 Å². The molecule has 64 valence electrons. The first-order valence-corrected chi connectivity index (χ1v) is 5.64. The number of rotatable bonds is 1. The Hall–Kier alpha value is 0.310. The molecule has 11 heavy (non-hydrogen) atoms. The van der Waals surface area contributed by atoms with Crippen LogP contribution < -0.4 is 5.32 Å². The molecule has 1 aliphatic heterocycles. The fraction of sp³-hybridized carbons (Fsp3) is 1.00. The normalized spacial score (nSPS) is 49.6. The predicted molar refractivity (Wildman–Crippen MR) is 50.8 cm³/mol. The van der Waals surface area contributed by atoms with Crippen molar-refractivity contribution in [3.05, 3.63) is 0 Å². The SMILES string of the molecule is CCC1CSC2(CC(C)C2)N1. The minimum Gasteiger partial charge on any atom is -0.299 e. The van der Waals surface area contributed by atoms with Gasteiger partial charge in [-0.1, -0.05) is 13.8 Å². The Labute approximate surface area is 73.3 Å². The standard InChI is InChI=1S/C9H17NS/c1-3-8-6-11-9(10-8)4-7(2)5-9/h7-8,10H,3-6H2,1-2H3. The lowest BCUT2D eigenvalue weighted by molar-refractivity contribution is 0.205. The van der Waals surface area contributed by atoms with E-state index in [2.05, 4.69) is 30.9 Å². The molecule has 1 saturated heterocycles. The largest absolute Gasteiger partial charge is 0.299 e. The van der Waals surface area contributed by atoms with Crippen LogP contribution in [0.15, 0.2) is 0 Å². The molecule has 2 aliphatic rings. The van der Waals surface area contributed by atoms with Crippen molar-refractivity contribution in [3.63, 3.8) is 0 Å². The summed E-state index contributed by atoms with van der Waals surface area (Å²) in [4.78, 5) is 0.528. The van der Waals surface area contributed by atoms with Crippen LogP contribution in [0.5, 0.6) is 0 Å². The molecule has 1 aliphatic carbocycles. The van der Waals surface area contributed by atoms with Gasteiger partial charge in [0.05, 0.1) is 4.87 Å². The van der Waals surface area contributed by atoms with Crippen LogP contribution in [0.1, 0.15) is 33.1 Å². The van der Waals surface area contributed by atoms with E-state index in [1.807, 2.05) is 0 Å². The molecule has 2 fully saturated rings. The Balaban J connectivity index is 1.89. The van der Waals surface area contributed by atoms with Gasteiger partial charge in [-0.05, 0) is 25.2 Å². The summed E-state index contributed by atoms with van der Waals surface area (Å²) < 4.78 is 0. The molecule has 1 saturated carbocycles. The van der Waals surface area contributed by atoms with Gasteiger partial charge in [-0.15, -0.1) is 11.8 Å². The molecule has 0 bridgehead atoms.